The minimum atomic E-state index is 0.0741. The minimum absolute atomic E-state index is 0.0741. The van der Waals surface area contributed by atoms with Gasteiger partial charge in [0.1, 0.15) is 11.5 Å². The molecule has 0 atom stereocenters. The second-order valence-electron chi connectivity index (χ2n) is 4.64. The molecule has 0 saturated heterocycles. The van der Waals surface area contributed by atoms with E-state index in [-0.39, 0.29) is 6.61 Å². The fraction of sp³-hybridized carbons (Fsp3) is 0.400. The maximum atomic E-state index is 8.92. The Hall–Kier alpha value is -1.81. The summed E-state index contributed by atoms with van der Waals surface area (Å²) in [5.41, 5.74) is 3.04. The van der Waals surface area contributed by atoms with E-state index in [2.05, 4.69) is 11.1 Å². The van der Waals surface area contributed by atoms with E-state index in [1.807, 2.05) is 32.9 Å². The zero-order valence-electron chi connectivity index (χ0n) is 11.6. The van der Waals surface area contributed by atoms with E-state index in [1.165, 1.54) is 0 Å². The lowest BCUT2D eigenvalue weighted by Gasteiger charge is -2.07. The van der Waals surface area contributed by atoms with E-state index < -0.39 is 0 Å². The number of hydrogen-bond acceptors (Lipinski definition) is 4. The molecule has 0 bridgehead atoms. The van der Waals surface area contributed by atoms with Crippen LogP contribution in [0.2, 0.25) is 0 Å². The average Bonchev–Trinajstić information content (AvgIpc) is 2.72. The predicted octanol–water partition coefficient (Wildman–Crippen LogP) is 2.71. The molecule has 1 heterocycles. The van der Waals surface area contributed by atoms with Crippen LogP contribution in [0.1, 0.15) is 28.5 Å². The van der Waals surface area contributed by atoms with Gasteiger partial charge >= 0.3 is 0 Å². The molecule has 2 rings (SSSR count). The van der Waals surface area contributed by atoms with Crippen molar-refractivity contribution in [2.75, 3.05) is 6.61 Å². The largest absolute Gasteiger partial charge is 0.484 e. The molecule has 0 amide bonds. The van der Waals surface area contributed by atoms with Gasteiger partial charge in [-0.25, -0.2) is 4.98 Å². The van der Waals surface area contributed by atoms with Gasteiger partial charge in [0.2, 0.25) is 5.89 Å². The van der Waals surface area contributed by atoms with Crippen LogP contribution in [-0.2, 0) is 13.0 Å². The molecular weight excluding hydrogens is 242 g/mol. The van der Waals surface area contributed by atoms with Crippen molar-refractivity contribution in [1.29, 1.82) is 0 Å². The van der Waals surface area contributed by atoms with Crippen LogP contribution in [0.15, 0.2) is 22.6 Å². The summed E-state index contributed by atoms with van der Waals surface area (Å²) in [4.78, 5) is 4.32. The van der Waals surface area contributed by atoms with Crippen LogP contribution < -0.4 is 4.74 Å². The highest BCUT2D eigenvalue weighted by molar-refractivity contribution is 5.35. The number of hydrogen-bond donors (Lipinski definition) is 1. The molecule has 2 aromatic rings. The topological polar surface area (TPSA) is 55.5 Å². The number of rotatable bonds is 5. The Bertz CT molecular complexity index is 561. The van der Waals surface area contributed by atoms with Gasteiger partial charge in [-0.05, 0) is 38.0 Å². The van der Waals surface area contributed by atoms with Crippen LogP contribution in [-0.4, -0.2) is 16.7 Å². The molecule has 102 valence electrons. The van der Waals surface area contributed by atoms with E-state index in [0.29, 0.717) is 18.9 Å². The highest BCUT2D eigenvalue weighted by Gasteiger charge is 2.10. The zero-order chi connectivity index (χ0) is 13.8. The molecule has 0 fully saturated rings. The molecule has 19 heavy (non-hydrogen) atoms. The van der Waals surface area contributed by atoms with E-state index in [4.69, 9.17) is 14.3 Å². The molecule has 0 spiro atoms. The zero-order valence-corrected chi connectivity index (χ0v) is 11.6. The van der Waals surface area contributed by atoms with Crippen molar-refractivity contribution in [2.45, 2.75) is 33.8 Å². The molecular formula is C15H19NO3. The molecule has 4 heteroatoms. The van der Waals surface area contributed by atoms with Gasteiger partial charge in [0, 0.05) is 13.0 Å². The minimum Gasteiger partial charge on any atom is -0.484 e. The summed E-state index contributed by atoms with van der Waals surface area (Å²) < 4.78 is 11.2. The van der Waals surface area contributed by atoms with Gasteiger partial charge in [0.15, 0.2) is 6.61 Å². The lowest BCUT2D eigenvalue weighted by Crippen LogP contribution is -1.98. The number of benzene rings is 1. The van der Waals surface area contributed by atoms with Crippen molar-refractivity contribution in [1.82, 2.24) is 4.98 Å². The third-order valence-corrected chi connectivity index (χ3v) is 2.98. The number of aliphatic hydroxyl groups excluding tert-OH is 1. The lowest BCUT2D eigenvalue weighted by molar-refractivity contribution is 0.259. The molecule has 1 N–H and O–H groups in total. The normalized spacial score (nSPS) is 10.7. The maximum Gasteiger partial charge on any atom is 0.232 e. The van der Waals surface area contributed by atoms with Gasteiger partial charge in [0.05, 0.1) is 5.69 Å². The van der Waals surface area contributed by atoms with E-state index in [0.717, 1.165) is 28.3 Å². The molecule has 0 unspecified atom stereocenters. The smallest absolute Gasteiger partial charge is 0.232 e. The predicted molar refractivity (Wildman–Crippen MR) is 72.3 cm³/mol. The number of nitrogens with zero attached hydrogens (tertiary/aromatic N) is 1. The standard InChI is InChI=1S/C15H19NO3/c1-10-4-5-11(2)14(8-10)18-9-15-16-13(6-7-17)12(3)19-15/h4-5,8,17H,6-7,9H2,1-3H3. The van der Waals surface area contributed by atoms with Gasteiger partial charge in [0.25, 0.3) is 0 Å². The number of aromatic nitrogens is 1. The van der Waals surface area contributed by atoms with Crippen molar-refractivity contribution in [2.24, 2.45) is 0 Å². The number of ether oxygens (including phenoxy) is 1. The van der Waals surface area contributed by atoms with E-state index in [9.17, 15) is 0 Å². The van der Waals surface area contributed by atoms with Crippen molar-refractivity contribution < 1.29 is 14.3 Å². The van der Waals surface area contributed by atoms with Crippen LogP contribution in [0.5, 0.6) is 5.75 Å². The second-order valence-corrected chi connectivity index (χ2v) is 4.64. The Morgan fingerprint density at radius 3 is 2.79 bits per heavy atom. The first-order chi connectivity index (χ1) is 9.10. The molecule has 0 radical (unpaired) electrons. The summed E-state index contributed by atoms with van der Waals surface area (Å²) >= 11 is 0. The first-order valence-electron chi connectivity index (χ1n) is 6.36. The molecule has 1 aromatic heterocycles. The SMILES string of the molecule is Cc1ccc(C)c(OCc2nc(CCO)c(C)o2)c1. The fourth-order valence-corrected chi connectivity index (χ4v) is 1.89. The Morgan fingerprint density at radius 1 is 1.26 bits per heavy atom. The van der Waals surface area contributed by atoms with E-state index >= 15 is 0 Å². The monoisotopic (exact) mass is 261 g/mol. The summed E-state index contributed by atoms with van der Waals surface area (Å²) in [5.74, 6) is 2.13. The molecule has 0 aliphatic carbocycles. The van der Waals surface area contributed by atoms with Crippen molar-refractivity contribution in [3.05, 3.63) is 46.7 Å². The van der Waals surface area contributed by atoms with Crippen molar-refractivity contribution >= 4 is 0 Å². The Balaban J connectivity index is 2.06. The van der Waals surface area contributed by atoms with Crippen LogP contribution in [0.25, 0.3) is 0 Å². The summed E-state index contributed by atoms with van der Waals surface area (Å²) in [6.07, 6.45) is 0.513. The third kappa shape index (κ3) is 3.35. The van der Waals surface area contributed by atoms with Crippen molar-refractivity contribution in [3.63, 3.8) is 0 Å². The Morgan fingerprint density at radius 2 is 2.05 bits per heavy atom. The molecule has 1 aromatic carbocycles. The van der Waals surface area contributed by atoms with Gasteiger partial charge in [-0.3, -0.25) is 0 Å². The molecule has 0 aliphatic heterocycles. The average molecular weight is 261 g/mol. The van der Waals surface area contributed by atoms with Gasteiger partial charge in [-0.1, -0.05) is 12.1 Å². The summed E-state index contributed by atoms with van der Waals surface area (Å²) in [6, 6.07) is 6.08. The molecule has 4 nitrogen and oxygen atoms in total. The lowest BCUT2D eigenvalue weighted by atomic mass is 10.1. The van der Waals surface area contributed by atoms with Crippen LogP contribution >= 0.6 is 0 Å². The quantitative estimate of drug-likeness (QED) is 0.899. The highest BCUT2D eigenvalue weighted by atomic mass is 16.5. The fourth-order valence-electron chi connectivity index (χ4n) is 1.89. The van der Waals surface area contributed by atoms with Gasteiger partial charge in [-0.2, -0.15) is 0 Å². The molecule has 0 aliphatic rings. The van der Waals surface area contributed by atoms with Crippen LogP contribution in [0.4, 0.5) is 0 Å². The number of aliphatic hydroxyl groups is 1. The van der Waals surface area contributed by atoms with Gasteiger partial charge in [-0.15, -0.1) is 0 Å². The summed E-state index contributed by atoms with van der Waals surface area (Å²) in [7, 11) is 0. The number of oxazole rings is 1. The van der Waals surface area contributed by atoms with Crippen molar-refractivity contribution in [3.8, 4) is 5.75 Å². The van der Waals surface area contributed by atoms with Crippen LogP contribution in [0, 0.1) is 20.8 Å². The van der Waals surface area contributed by atoms with Crippen LogP contribution in [0.3, 0.4) is 0 Å². The first-order valence-corrected chi connectivity index (χ1v) is 6.36. The maximum absolute atomic E-state index is 8.92. The first kappa shape index (κ1) is 13.6. The summed E-state index contributed by atoms with van der Waals surface area (Å²) in [5, 5.41) is 8.92. The number of aryl methyl sites for hydroxylation is 3. The Kier molecular flexibility index (Phi) is 4.22. The van der Waals surface area contributed by atoms with E-state index in [1.54, 1.807) is 0 Å². The second kappa shape index (κ2) is 5.89. The van der Waals surface area contributed by atoms with Gasteiger partial charge < -0.3 is 14.3 Å². The molecule has 0 saturated carbocycles. The third-order valence-electron chi connectivity index (χ3n) is 2.98. The summed E-state index contributed by atoms with van der Waals surface area (Å²) in [6.45, 7) is 6.26. The highest BCUT2D eigenvalue weighted by Crippen LogP contribution is 2.21. The Labute approximate surface area is 113 Å².